The van der Waals surface area contributed by atoms with Crippen molar-refractivity contribution < 1.29 is 13.9 Å². The van der Waals surface area contributed by atoms with E-state index in [-0.39, 0.29) is 17.9 Å². The fraction of sp³-hybridized carbons (Fsp3) is 0.640. The number of nitrogens with one attached hydrogen (secondary N) is 2. The van der Waals surface area contributed by atoms with Gasteiger partial charge in [0.15, 0.2) is 0 Å². The fourth-order valence-corrected chi connectivity index (χ4v) is 3.97. The molecule has 2 N–H and O–H groups in total. The van der Waals surface area contributed by atoms with Gasteiger partial charge in [-0.25, -0.2) is 9.18 Å². The Morgan fingerprint density at radius 3 is 2.48 bits per heavy atom. The zero-order chi connectivity index (χ0) is 22.3. The van der Waals surface area contributed by atoms with E-state index >= 15 is 0 Å². The van der Waals surface area contributed by atoms with Crippen LogP contribution in [-0.4, -0.2) is 49.8 Å². The SMILES string of the molecule is C=CCCNCCCCCCCOC1CCC(N(C)C(=O)Nc2ccc(F)cc2)CC1. The van der Waals surface area contributed by atoms with Crippen LogP contribution in [0, 0.1) is 5.82 Å². The number of anilines is 1. The second-order valence-corrected chi connectivity index (χ2v) is 8.44. The molecule has 1 fully saturated rings. The van der Waals surface area contributed by atoms with Crippen LogP contribution in [0.5, 0.6) is 0 Å². The average Bonchev–Trinajstić information content (AvgIpc) is 2.79. The van der Waals surface area contributed by atoms with Crippen molar-refractivity contribution in [3.8, 4) is 0 Å². The molecule has 0 saturated heterocycles. The minimum absolute atomic E-state index is 0.146. The molecule has 1 aliphatic rings. The topological polar surface area (TPSA) is 53.6 Å². The molecule has 0 radical (unpaired) electrons. The molecule has 31 heavy (non-hydrogen) atoms. The molecule has 5 nitrogen and oxygen atoms in total. The van der Waals surface area contributed by atoms with Gasteiger partial charge in [0.05, 0.1) is 6.10 Å². The number of halogens is 1. The second-order valence-electron chi connectivity index (χ2n) is 8.44. The van der Waals surface area contributed by atoms with Crippen molar-refractivity contribution in [2.75, 3.05) is 32.1 Å². The summed E-state index contributed by atoms with van der Waals surface area (Å²) in [7, 11) is 1.83. The Kier molecular flexibility index (Phi) is 12.2. The Bertz CT molecular complexity index is 630. The van der Waals surface area contributed by atoms with Crippen LogP contribution in [0.15, 0.2) is 36.9 Å². The standard InChI is InChI=1S/C25H40FN3O2/c1-3-4-18-27-19-8-6-5-7-9-20-31-24-16-14-23(15-17-24)29(2)25(30)28-22-12-10-21(26)11-13-22/h3,10-13,23-24,27H,1,4-9,14-20H2,2H3,(H,28,30). The summed E-state index contributed by atoms with van der Waals surface area (Å²) in [6.45, 7) is 6.70. The maximum Gasteiger partial charge on any atom is 0.321 e. The summed E-state index contributed by atoms with van der Waals surface area (Å²) in [6.07, 6.45) is 13.4. The number of benzene rings is 1. The predicted molar refractivity (Wildman–Crippen MR) is 126 cm³/mol. The lowest BCUT2D eigenvalue weighted by Gasteiger charge is -2.34. The van der Waals surface area contributed by atoms with Crippen LogP contribution in [-0.2, 0) is 4.74 Å². The normalized spacial score (nSPS) is 18.5. The van der Waals surface area contributed by atoms with Crippen molar-refractivity contribution >= 4 is 11.7 Å². The Hall–Kier alpha value is -1.92. The number of unbranched alkanes of at least 4 members (excludes halogenated alkanes) is 4. The molecule has 1 aliphatic carbocycles. The van der Waals surface area contributed by atoms with Gasteiger partial charge in [0.2, 0.25) is 0 Å². The third-order valence-corrected chi connectivity index (χ3v) is 5.98. The van der Waals surface area contributed by atoms with Gasteiger partial charge >= 0.3 is 6.03 Å². The van der Waals surface area contributed by atoms with Crippen LogP contribution in [0.3, 0.4) is 0 Å². The number of nitrogens with zero attached hydrogens (tertiary/aromatic N) is 1. The number of urea groups is 1. The van der Waals surface area contributed by atoms with E-state index in [1.165, 1.54) is 37.8 Å². The van der Waals surface area contributed by atoms with Crippen molar-refractivity contribution in [3.63, 3.8) is 0 Å². The lowest BCUT2D eigenvalue weighted by molar-refractivity contribution is 0.0131. The first kappa shape index (κ1) is 25.3. The Morgan fingerprint density at radius 1 is 1.10 bits per heavy atom. The summed E-state index contributed by atoms with van der Waals surface area (Å²) in [5.74, 6) is -0.308. The van der Waals surface area contributed by atoms with Crippen LogP contribution >= 0.6 is 0 Å². The first-order valence-corrected chi connectivity index (χ1v) is 11.8. The number of carbonyl (C=O) groups is 1. The van der Waals surface area contributed by atoms with Gasteiger partial charge in [0.25, 0.3) is 0 Å². The molecule has 0 aliphatic heterocycles. The van der Waals surface area contributed by atoms with E-state index in [0.717, 1.165) is 58.2 Å². The molecular weight excluding hydrogens is 393 g/mol. The van der Waals surface area contributed by atoms with E-state index < -0.39 is 0 Å². The van der Waals surface area contributed by atoms with Crippen LogP contribution in [0.4, 0.5) is 14.9 Å². The highest BCUT2D eigenvalue weighted by molar-refractivity contribution is 5.89. The Morgan fingerprint density at radius 2 is 1.77 bits per heavy atom. The molecule has 0 unspecified atom stereocenters. The second kappa shape index (κ2) is 15.0. The fourth-order valence-electron chi connectivity index (χ4n) is 3.97. The third-order valence-electron chi connectivity index (χ3n) is 5.98. The van der Waals surface area contributed by atoms with Crippen molar-refractivity contribution in [2.24, 2.45) is 0 Å². The van der Waals surface area contributed by atoms with E-state index in [9.17, 15) is 9.18 Å². The van der Waals surface area contributed by atoms with Gasteiger partial charge in [-0.1, -0.05) is 25.3 Å². The van der Waals surface area contributed by atoms with Crippen molar-refractivity contribution in [1.82, 2.24) is 10.2 Å². The van der Waals surface area contributed by atoms with Crippen LogP contribution in [0.2, 0.25) is 0 Å². The smallest absolute Gasteiger partial charge is 0.321 e. The highest BCUT2D eigenvalue weighted by Gasteiger charge is 2.26. The molecule has 2 amide bonds. The van der Waals surface area contributed by atoms with E-state index in [2.05, 4.69) is 17.2 Å². The summed E-state index contributed by atoms with van der Waals surface area (Å²) in [5.41, 5.74) is 0.610. The predicted octanol–water partition coefficient (Wildman–Crippen LogP) is 5.73. The van der Waals surface area contributed by atoms with Gasteiger partial charge in [-0.3, -0.25) is 0 Å². The number of ether oxygens (including phenoxy) is 1. The molecule has 174 valence electrons. The van der Waals surface area contributed by atoms with Gasteiger partial charge < -0.3 is 20.3 Å². The Balaban J connectivity index is 1.49. The minimum atomic E-state index is -0.308. The van der Waals surface area contributed by atoms with Crippen LogP contribution in [0.1, 0.15) is 64.2 Å². The van der Waals surface area contributed by atoms with Gasteiger partial charge in [-0.05, 0) is 82.3 Å². The quantitative estimate of drug-likeness (QED) is 0.291. The molecule has 0 heterocycles. The average molecular weight is 434 g/mol. The number of hydrogen-bond donors (Lipinski definition) is 2. The molecule has 0 aromatic heterocycles. The van der Waals surface area contributed by atoms with Gasteiger partial charge in [-0.2, -0.15) is 0 Å². The lowest BCUT2D eigenvalue weighted by Crippen LogP contribution is -2.42. The minimum Gasteiger partial charge on any atom is -0.378 e. The zero-order valence-electron chi connectivity index (χ0n) is 19.1. The van der Waals surface area contributed by atoms with Gasteiger partial charge in [0.1, 0.15) is 5.82 Å². The molecular formula is C25H40FN3O2. The highest BCUT2D eigenvalue weighted by atomic mass is 19.1. The monoisotopic (exact) mass is 433 g/mol. The number of carbonyl (C=O) groups excluding carboxylic acids is 1. The van der Waals surface area contributed by atoms with Crippen molar-refractivity contribution in [2.45, 2.75) is 76.4 Å². The zero-order valence-corrected chi connectivity index (χ0v) is 19.1. The first-order chi connectivity index (χ1) is 15.1. The van der Waals surface area contributed by atoms with E-state index in [1.807, 2.05) is 13.1 Å². The molecule has 0 atom stereocenters. The highest BCUT2D eigenvalue weighted by Crippen LogP contribution is 2.25. The molecule has 6 heteroatoms. The summed E-state index contributed by atoms with van der Waals surface area (Å²) in [5, 5.41) is 6.26. The summed E-state index contributed by atoms with van der Waals surface area (Å²) in [4.78, 5) is 14.2. The first-order valence-electron chi connectivity index (χ1n) is 11.8. The largest absolute Gasteiger partial charge is 0.378 e. The number of amides is 2. The number of hydrogen-bond acceptors (Lipinski definition) is 3. The summed E-state index contributed by atoms with van der Waals surface area (Å²) < 4.78 is 19.1. The molecule has 1 saturated carbocycles. The molecule has 1 aromatic carbocycles. The van der Waals surface area contributed by atoms with Crippen molar-refractivity contribution in [3.05, 3.63) is 42.7 Å². The van der Waals surface area contributed by atoms with Gasteiger partial charge in [-0.15, -0.1) is 6.58 Å². The van der Waals surface area contributed by atoms with Gasteiger partial charge in [0, 0.05) is 25.4 Å². The molecule has 2 rings (SSSR count). The summed E-state index contributed by atoms with van der Waals surface area (Å²) in [6, 6.07) is 5.93. The lowest BCUT2D eigenvalue weighted by atomic mass is 9.92. The van der Waals surface area contributed by atoms with E-state index in [1.54, 1.807) is 17.0 Å². The number of rotatable bonds is 14. The van der Waals surface area contributed by atoms with E-state index in [0.29, 0.717) is 11.8 Å². The maximum absolute atomic E-state index is 13.0. The molecule has 1 aromatic rings. The van der Waals surface area contributed by atoms with Crippen molar-refractivity contribution in [1.29, 1.82) is 0 Å². The summed E-state index contributed by atoms with van der Waals surface area (Å²) >= 11 is 0. The third kappa shape index (κ3) is 10.3. The van der Waals surface area contributed by atoms with Crippen LogP contribution < -0.4 is 10.6 Å². The Labute approximate surface area is 187 Å². The molecule has 0 bridgehead atoms. The van der Waals surface area contributed by atoms with Crippen LogP contribution in [0.25, 0.3) is 0 Å². The molecule has 0 spiro atoms. The maximum atomic E-state index is 13.0. The van der Waals surface area contributed by atoms with E-state index in [4.69, 9.17) is 4.74 Å².